The zero-order valence-electron chi connectivity index (χ0n) is 14.3. The average Bonchev–Trinajstić information content (AvgIpc) is 2.58. The summed E-state index contributed by atoms with van der Waals surface area (Å²) in [7, 11) is -3.51. The highest BCUT2D eigenvalue weighted by Crippen LogP contribution is 2.32. The molecule has 0 saturated heterocycles. The van der Waals surface area contributed by atoms with Crippen molar-refractivity contribution in [2.24, 2.45) is 0 Å². The molecule has 0 atom stereocenters. The average molecular weight is 376 g/mol. The molecule has 0 aliphatic carbocycles. The summed E-state index contributed by atoms with van der Waals surface area (Å²) in [6.45, 7) is 5.31. The molecule has 6 nitrogen and oxygen atoms in total. The van der Waals surface area contributed by atoms with Gasteiger partial charge in [0.15, 0.2) is 9.84 Å². The van der Waals surface area contributed by atoms with Crippen LogP contribution >= 0.6 is 0 Å². The number of allylic oxidation sites excluding steroid dienone is 1. The highest BCUT2D eigenvalue weighted by Gasteiger charge is 2.19. The molecule has 2 N–H and O–H groups in total. The molecule has 7 heteroatoms. The van der Waals surface area contributed by atoms with Gasteiger partial charge < -0.3 is 14.9 Å². The van der Waals surface area contributed by atoms with Gasteiger partial charge in [0.1, 0.15) is 23.7 Å². The van der Waals surface area contributed by atoms with Crippen molar-refractivity contribution in [3.63, 3.8) is 0 Å². The largest absolute Gasteiger partial charge is 0.507 e. The van der Waals surface area contributed by atoms with Crippen molar-refractivity contribution in [1.29, 1.82) is 0 Å². The van der Waals surface area contributed by atoms with Crippen molar-refractivity contribution in [2.45, 2.75) is 18.2 Å². The molecule has 0 heterocycles. The second kappa shape index (κ2) is 8.05. The summed E-state index contributed by atoms with van der Waals surface area (Å²) in [5.74, 6) is -1.69. The summed E-state index contributed by atoms with van der Waals surface area (Å²) in [4.78, 5) is 11.3. The molecule has 0 fully saturated rings. The lowest BCUT2D eigenvalue weighted by molar-refractivity contribution is 0.0693. The molecule has 138 valence electrons. The molecule has 0 spiro atoms. The Morgan fingerprint density at radius 2 is 1.85 bits per heavy atom. The SMILES string of the molecule is C=CCc1c(OCCS(=O)(=O)c2ccc(C)cc2)ccc(C(=O)O)c1O. The number of hydrogen-bond acceptors (Lipinski definition) is 5. The second-order valence-electron chi connectivity index (χ2n) is 5.72. The molecule has 0 unspecified atom stereocenters. The van der Waals surface area contributed by atoms with E-state index in [-0.39, 0.29) is 40.6 Å². The van der Waals surface area contributed by atoms with Crippen molar-refractivity contribution in [2.75, 3.05) is 12.4 Å². The van der Waals surface area contributed by atoms with E-state index < -0.39 is 21.6 Å². The van der Waals surface area contributed by atoms with Crippen molar-refractivity contribution in [1.82, 2.24) is 0 Å². The summed E-state index contributed by atoms with van der Waals surface area (Å²) < 4.78 is 30.2. The number of ether oxygens (including phenoxy) is 1. The van der Waals surface area contributed by atoms with E-state index >= 15 is 0 Å². The minimum atomic E-state index is -3.51. The van der Waals surface area contributed by atoms with E-state index in [0.29, 0.717) is 0 Å². The quantitative estimate of drug-likeness (QED) is 0.687. The number of rotatable bonds is 8. The summed E-state index contributed by atoms with van der Waals surface area (Å²) in [5.41, 5.74) is 0.970. The second-order valence-corrected chi connectivity index (χ2v) is 7.83. The number of carboxylic acids is 1. The first kappa shape index (κ1) is 19.5. The number of phenols is 1. The maximum absolute atomic E-state index is 12.3. The lowest BCUT2D eigenvalue weighted by Gasteiger charge is -2.14. The Kier molecular flexibility index (Phi) is 6.05. The Morgan fingerprint density at radius 1 is 1.19 bits per heavy atom. The zero-order chi connectivity index (χ0) is 19.3. The van der Waals surface area contributed by atoms with Gasteiger partial charge in [0.25, 0.3) is 0 Å². The first-order chi connectivity index (χ1) is 12.3. The molecule has 2 aromatic carbocycles. The molecule has 0 aliphatic heterocycles. The predicted molar refractivity (Wildman–Crippen MR) is 97.7 cm³/mol. The molecule has 2 rings (SSSR count). The molecule has 0 aliphatic rings. The number of aromatic carboxylic acids is 1. The molecule has 26 heavy (non-hydrogen) atoms. The van der Waals surface area contributed by atoms with Gasteiger partial charge in [-0.05, 0) is 37.6 Å². The predicted octanol–water partition coefficient (Wildman–Crippen LogP) is 2.98. The van der Waals surface area contributed by atoms with Crippen molar-refractivity contribution in [3.05, 3.63) is 65.7 Å². The van der Waals surface area contributed by atoms with Crippen LogP contribution in [0.4, 0.5) is 0 Å². The number of benzene rings is 2. The first-order valence-corrected chi connectivity index (χ1v) is 9.52. The van der Waals surface area contributed by atoms with Crippen LogP contribution in [0.1, 0.15) is 21.5 Å². The minimum absolute atomic E-state index is 0.133. The Bertz CT molecular complexity index is 914. The van der Waals surface area contributed by atoms with E-state index in [1.165, 1.54) is 18.2 Å². The van der Waals surface area contributed by atoms with E-state index in [4.69, 9.17) is 9.84 Å². The molecule has 0 amide bonds. The van der Waals surface area contributed by atoms with E-state index in [1.54, 1.807) is 24.3 Å². The highest BCUT2D eigenvalue weighted by atomic mass is 32.2. The normalized spacial score (nSPS) is 11.1. The van der Waals surface area contributed by atoms with Gasteiger partial charge in [-0.15, -0.1) is 6.58 Å². The maximum Gasteiger partial charge on any atom is 0.339 e. The maximum atomic E-state index is 12.3. The van der Waals surface area contributed by atoms with Crippen LogP contribution in [0, 0.1) is 6.92 Å². The van der Waals surface area contributed by atoms with Crippen LogP contribution < -0.4 is 4.74 Å². The zero-order valence-corrected chi connectivity index (χ0v) is 15.1. The molecule has 0 aromatic heterocycles. The van der Waals surface area contributed by atoms with E-state index in [1.807, 2.05) is 6.92 Å². The van der Waals surface area contributed by atoms with Crippen molar-refractivity contribution in [3.8, 4) is 11.5 Å². The third-order valence-corrected chi connectivity index (χ3v) is 5.50. The van der Waals surface area contributed by atoms with Crippen LogP contribution in [0.2, 0.25) is 0 Å². The van der Waals surface area contributed by atoms with Crippen LogP contribution in [0.5, 0.6) is 11.5 Å². The topological polar surface area (TPSA) is 101 Å². The van der Waals surface area contributed by atoms with Crippen LogP contribution in [0.3, 0.4) is 0 Å². The molecule has 0 saturated carbocycles. The van der Waals surface area contributed by atoms with Gasteiger partial charge in [0.2, 0.25) is 0 Å². The van der Waals surface area contributed by atoms with Gasteiger partial charge in [-0.1, -0.05) is 23.8 Å². The fourth-order valence-electron chi connectivity index (χ4n) is 2.39. The number of sulfone groups is 1. The fraction of sp³-hybridized carbons (Fsp3) is 0.211. The third-order valence-electron chi connectivity index (χ3n) is 3.81. The van der Waals surface area contributed by atoms with E-state index in [2.05, 4.69) is 6.58 Å². The molecular formula is C19H20O6S. The molecular weight excluding hydrogens is 356 g/mol. The summed E-state index contributed by atoms with van der Waals surface area (Å²) in [5, 5.41) is 19.2. The van der Waals surface area contributed by atoms with Crippen molar-refractivity contribution < 1.29 is 28.2 Å². The third kappa shape index (κ3) is 4.43. The fourth-order valence-corrected chi connectivity index (χ4v) is 3.48. The number of hydrogen-bond donors (Lipinski definition) is 2. The van der Waals surface area contributed by atoms with Gasteiger partial charge in [0, 0.05) is 5.56 Å². The molecule has 0 radical (unpaired) electrons. The minimum Gasteiger partial charge on any atom is -0.507 e. The Morgan fingerprint density at radius 3 is 2.42 bits per heavy atom. The van der Waals surface area contributed by atoms with Crippen molar-refractivity contribution >= 4 is 15.8 Å². The number of aromatic hydroxyl groups is 1. The van der Waals surface area contributed by atoms with E-state index in [9.17, 15) is 18.3 Å². The molecule has 0 bridgehead atoms. The van der Waals surface area contributed by atoms with Crippen LogP contribution in [-0.4, -0.2) is 37.0 Å². The summed E-state index contributed by atoms with van der Waals surface area (Å²) >= 11 is 0. The van der Waals surface area contributed by atoms with Gasteiger partial charge in [-0.2, -0.15) is 0 Å². The smallest absolute Gasteiger partial charge is 0.339 e. The van der Waals surface area contributed by atoms with Crippen LogP contribution in [0.15, 0.2) is 53.9 Å². The van der Waals surface area contributed by atoms with Gasteiger partial charge in [-0.25, -0.2) is 13.2 Å². The van der Waals surface area contributed by atoms with E-state index in [0.717, 1.165) is 5.56 Å². The summed E-state index contributed by atoms with van der Waals surface area (Å²) in [6, 6.07) is 9.15. The Labute approximate surface area is 152 Å². The van der Waals surface area contributed by atoms with Gasteiger partial charge in [0.05, 0.1) is 10.6 Å². The highest BCUT2D eigenvalue weighted by molar-refractivity contribution is 7.91. The lowest BCUT2D eigenvalue weighted by Crippen LogP contribution is -2.15. The number of carboxylic acid groups (broad SMARTS) is 1. The van der Waals surface area contributed by atoms with Gasteiger partial charge in [-0.3, -0.25) is 0 Å². The lowest BCUT2D eigenvalue weighted by atomic mass is 10.0. The molecule has 2 aromatic rings. The summed E-state index contributed by atoms with van der Waals surface area (Å²) in [6.07, 6.45) is 1.68. The van der Waals surface area contributed by atoms with Gasteiger partial charge >= 0.3 is 5.97 Å². The first-order valence-electron chi connectivity index (χ1n) is 7.87. The monoisotopic (exact) mass is 376 g/mol. The standard InChI is InChI=1S/C19H20O6S/c1-3-4-15-17(10-9-16(18(15)20)19(21)22)25-11-12-26(23,24)14-7-5-13(2)6-8-14/h3,5-10,20H,1,4,11-12H2,2H3,(H,21,22). The number of carbonyl (C=O) groups is 1. The van der Waals surface area contributed by atoms with Crippen LogP contribution in [0.25, 0.3) is 0 Å². The Balaban J connectivity index is 2.16. The Hall–Kier alpha value is -2.80. The number of aryl methyl sites for hydroxylation is 1. The van der Waals surface area contributed by atoms with Crippen LogP contribution in [-0.2, 0) is 16.3 Å².